The molecule has 1 nitrogen and oxygen atoms in total. The largest absolute Gasteiger partial charge is 0.333 e. The maximum atomic E-state index is 2.56. The third-order valence-electron chi connectivity index (χ3n) is 9.01. The molecule has 0 fully saturated rings. The first-order valence-corrected chi connectivity index (χ1v) is 15.5. The highest BCUT2D eigenvalue weighted by Crippen LogP contribution is 2.48. The highest BCUT2D eigenvalue weighted by atomic mass is 15.2. The van der Waals surface area contributed by atoms with E-state index in [1.54, 1.807) is 0 Å². The number of hydrogen-bond acceptors (Lipinski definition) is 1. The summed E-state index contributed by atoms with van der Waals surface area (Å²) in [7, 11) is 0. The van der Waals surface area contributed by atoms with E-state index in [4.69, 9.17) is 0 Å². The summed E-state index contributed by atoms with van der Waals surface area (Å²) in [4.78, 5) is 2.56. The molecule has 1 heteroatoms. The quantitative estimate of drug-likeness (QED) is 0.188. The summed E-state index contributed by atoms with van der Waals surface area (Å²) in [6, 6.07) is 57.9. The second kappa shape index (κ2) is 11.0. The normalized spacial score (nSPS) is 14.7. The molecule has 0 radical (unpaired) electrons. The molecule has 8 rings (SSSR count). The molecule has 0 N–H and O–H groups in total. The first kappa shape index (κ1) is 26.2. The number of fused-ring (bicyclic) bond motifs is 2. The third kappa shape index (κ3) is 4.49. The highest BCUT2D eigenvalue weighted by molar-refractivity contribution is 6.22. The zero-order valence-electron chi connectivity index (χ0n) is 24.8. The predicted molar refractivity (Wildman–Crippen MR) is 188 cm³/mol. The summed E-state index contributed by atoms with van der Waals surface area (Å²) in [5.74, 6) is 0. The van der Waals surface area contributed by atoms with Crippen molar-refractivity contribution in [2.75, 3.05) is 4.90 Å². The molecule has 0 aromatic heterocycles. The van der Waals surface area contributed by atoms with Gasteiger partial charge in [-0.05, 0) is 80.4 Å². The average Bonchev–Trinajstić information content (AvgIpc) is 3.53. The molecule has 1 unspecified atom stereocenters. The van der Waals surface area contributed by atoms with Gasteiger partial charge in [0.15, 0.2) is 0 Å². The van der Waals surface area contributed by atoms with Gasteiger partial charge in [0, 0.05) is 11.4 Å². The zero-order chi connectivity index (χ0) is 29.5. The SMILES string of the molecule is Cc1cccc(-c2c3ccccc3c(-c3ccccc3)c3ccc(N4C(c5ccccc5)=CCC4c4ccccc4)cc23)c1. The Morgan fingerprint density at radius 1 is 0.477 bits per heavy atom. The summed E-state index contributed by atoms with van der Waals surface area (Å²) in [6.07, 6.45) is 3.37. The standard InChI is InChI=1S/C43H33N/c1-30-14-13-21-34(28-30)43-37-23-12-11-22-36(37)42(33-19-9-4-10-20-33)38-25-24-35(29-39(38)43)44-40(31-15-5-2-6-16-31)26-27-41(44)32-17-7-3-8-18-32/h2-26,28-29,41H,27H2,1H3. The second-order valence-corrected chi connectivity index (χ2v) is 11.7. The van der Waals surface area contributed by atoms with Crippen LogP contribution in [0.4, 0.5) is 5.69 Å². The number of hydrogen-bond donors (Lipinski definition) is 0. The van der Waals surface area contributed by atoms with Gasteiger partial charge in [-0.25, -0.2) is 0 Å². The smallest absolute Gasteiger partial charge is 0.0626 e. The second-order valence-electron chi connectivity index (χ2n) is 11.7. The van der Waals surface area contributed by atoms with Gasteiger partial charge in [-0.2, -0.15) is 0 Å². The summed E-state index contributed by atoms with van der Waals surface area (Å²) in [6.45, 7) is 2.18. The Kier molecular flexibility index (Phi) is 6.57. The maximum Gasteiger partial charge on any atom is 0.0626 e. The minimum Gasteiger partial charge on any atom is -0.333 e. The van der Waals surface area contributed by atoms with Gasteiger partial charge in [0.2, 0.25) is 0 Å². The fraction of sp³-hybridized carbons (Fsp3) is 0.0698. The molecule has 44 heavy (non-hydrogen) atoms. The molecule has 7 aromatic carbocycles. The van der Waals surface area contributed by atoms with Crippen LogP contribution in [0.2, 0.25) is 0 Å². The lowest BCUT2D eigenvalue weighted by molar-refractivity contribution is 0.749. The monoisotopic (exact) mass is 563 g/mol. The van der Waals surface area contributed by atoms with Crippen molar-refractivity contribution in [1.82, 2.24) is 0 Å². The van der Waals surface area contributed by atoms with E-state index in [2.05, 4.69) is 176 Å². The lowest BCUT2D eigenvalue weighted by Crippen LogP contribution is -2.22. The van der Waals surface area contributed by atoms with E-state index < -0.39 is 0 Å². The molecule has 0 amide bonds. The van der Waals surface area contributed by atoms with Crippen molar-refractivity contribution in [3.63, 3.8) is 0 Å². The van der Waals surface area contributed by atoms with Gasteiger partial charge in [0.1, 0.15) is 0 Å². The molecule has 0 spiro atoms. The van der Waals surface area contributed by atoms with E-state index >= 15 is 0 Å². The summed E-state index contributed by atoms with van der Waals surface area (Å²) >= 11 is 0. The van der Waals surface area contributed by atoms with Crippen LogP contribution in [0.1, 0.15) is 29.2 Å². The molecule has 0 aliphatic carbocycles. The van der Waals surface area contributed by atoms with Gasteiger partial charge in [0.05, 0.1) is 6.04 Å². The Bertz CT molecular complexity index is 2140. The Labute approximate surface area is 259 Å². The van der Waals surface area contributed by atoms with Crippen LogP contribution in [0.5, 0.6) is 0 Å². The van der Waals surface area contributed by atoms with E-state index in [0.29, 0.717) is 0 Å². The number of nitrogens with zero attached hydrogens (tertiary/aromatic N) is 1. The molecular formula is C43H33N. The van der Waals surface area contributed by atoms with Crippen LogP contribution < -0.4 is 4.90 Å². The molecule has 1 atom stereocenters. The van der Waals surface area contributed by atoms with Gasteiger partial charge in [-0.15, -0.1) is 0 Å². The highest BCUT2D eigenvalue weighted by Gasteiger charge is 2.30. The van der Waals surface area contributed by atoms with Gasteiger partial charge >= 0.3 is 0 Å². The zero-order valence-corrected chi connectivity index (χ0v) is 24.8. The van der Waals surface area contributed by atoms with Crippen molar-refractivity contribution < 1.29 is 0 Å². The van der Waals surface area contributed by atoms with Crippen molar-refractivity contribution in [1.29, 1.82) is 0 Å². The molecule has 0 saturated carbocycles. The van der Waals surface area contributed by atoms with Crippen molar-refractivity contribution in [3.05, 3.63) is 180 Å². The van der Waals surface area contributed by atoms with Crippen LogP contribution in [0.15, 0.2) is 164 Å². The lowest BCUT2D eigenvalue weighted by atomic mass is 9.85. The Hall–Kier alpha value is -5.40. The van der Waals surface area contributed by atoms with E-state index in [1.165, 1.54) is 71.9 Å². The molecule has 7 aromatic rings. The van der Waals surface area contributed by atoms with E-state index in [0.717, 1.165) is 6.42 Å². The van der Waals surface area contributed by atoms with E-state index in [1.807, 2.05) is 0 Å². The van der Waals surface area contributed by atoms with E-state index in [9.17, 15) is 0 Å². The molecular weight excluding hydrogens is 530 g/mol. The van der Waals surface area contributed by atoms with Crippen LogP contribution in [-0.4, -0.2) is 0 Å². The Morgan fingerprint density at radius 2 is 1.05 bits per heavy atom. The minimum atomic E-state index is 0.223. The van der Waals surface area contributed by atoms with Crippen LogP contribution in [0.3, 0.4) is 0 Å². The fourth-order valence-corrected chi connectivity index (χ4v) is 7.08. The van der Waals surface area contributed by atoms with Crippen LogP contribution >= 0.6 is 0 Å². The lowest BCUT2D eigenvalue weighted by Gasteiger charge is -2.31. The molecule has 210 valence electrons. The van der Waals surface area contributed by atoms with Crippen LogP contribution in [-0.2, 0) is 0 Å². The first-order chi connectivity index (χ1) is 21.8. The van der Waals surface area contributed by atoms with Crippen molar-refractivity contribution in [3.8, 4) is 22.3 Å². The Morgan fingerprint density at radius 3 is 1.73 bits per heavy atom. The maximum absolute atomic E-state index is 2.56. The number of benzene rings is 7. The predicted octanol–water partition coefficient (Wildman–Crippen LogP) is 11.6. The number of rotatable bonds is 5. The first-order valence-electron chi connectivity index (χ1n) is 15.5. The number of anilines is 1. The minimum absolute atomic E-state index is 0.223. The molecule has 0 bridgehead atoms. The fourth-order valence-electron chi connectivity index (χ4n) is 7.08. The van der Waals surface area contributed by atoms with Gasteiger partial charge < -0.3 is 4.90 Å². The van der Waals surface area contributed by atoms with Gasteiger partial charge in [0.25, 0.3) is 0 Å². The van der Waals surface area contributed by atoms with E-state index in [-0.39, 0.29) is 6.04 Å². The molecule has 1 aliphatic rings. The molecule has 1 heterocycles. The van der Waals surface area contributed by atoms with Crippen molar-refractivity contribution >= 4 is 32.9 Å². The topological polar surface area (TPSA) is 3.24 Å². The van der Waals surface area contributed by atoms with Gasteiger partial charge in [-0.1, -0.05) is 157 Å². The summed E-state index contributed by atoms with van der Waals surface area (Å²) in [5, 5.41) is 5.11. The van der Waals surface area contributed by atoms with Crippen molar-refractivity contribution in [2.45, 2.75) is 19.4 Å². The third-order valence-corrected chi connectivity index (χ3v) is 9.01. The summed E-state index contributed by atoms with van der Waals surface area (Å²) in [5.41, 5.74) is 11.4. The Balaban J connectivity index is 1.44. The van der Waals surface area contributed by atoms with Gasteiger partial charge in [-0.3, -0.25) is 0 Å². The molecule has 0 saturated heterocycles. The molecule has 1 aliphatic heterocycles. The van der Waals surface area contributed by atoms with Crippen LogP contribution in [0, 0.1) is 6.92 Å². The summed E-state index contributed by atoms with van der Waals surface area (Å²) < 4.78 is 0. The van der Waals surface area contributed by atoms with Crippen LogP contribution in [0.25, 0.3) is 49.5 Å². The van der Waals surface area contributed by atoms with Crippen molar-refractivity contribution in [2.24, 2.45) is 0 Å². The number of aryl methyl sites for hydroxylation is 1. The average molecular weight is 564 g/mol.